The summed E-state index contributed by atoms with van der Waals surface area (Å²) < 4.78 is 11.8. The van der Waals surface area contributed by atoms with Crippen LogP contribution in [0.25, 0.3) is 6.08 Å². The number of hydrogen-bond acceptors (Lipinski definition) is 5. The van der Waals surface area contributed by atoms with Crippen LogP contribution in [0.5, 0.6) is 0 Å². The van der Waals surface area contributed by atoms with Gasteiger partial charge in [0, 0.05) is 5.69 Å². The van der Waals surface area contributed by atoms with Crippen molar-refractivity contribution >= 4 is 24.7 Å². The molecule has 0 atom stereocenters. The maximum atomic E-state index is 5.89. The Morgan fingerprint density at radius 1 is 1.15 bits per heavy atom. The van der Waals surface area contributed by atoms with E-state index in [4.69, 9.17) is 20.8 Å². The summed E-state index contributed by atoms with van der Waals surface area (Å²) in [5.74, 6) is 2.23. The van der Waals surface area contributed by atoms with Crippen molar-refractivity contribution in [3.63, 3.8) is 0 Å². The minimum absolute atomic E-state index is 0.338. The van der Waals surface area contributed by atoms with E-state index in [1.54, 1.807) is 6.07 Å². The topological polar surface area (TPSA) is 83.4 Å². The zero-order valence-corrected chi connectivity index (χ0v) is 12.7. The van der Waals surface area contributed by atoms with E-state index in [2.05, 4.69) is 4.98 Å². The summed E-state index contributed by atoms with van der Waals surface area (Å²) in [6, 6.07) is 1.80. The summed E-state index contributed by atoms with van der Waals surface area (Å²) >= 11 is 0. The minimum Gasteiger partial charge on any atom is -0.400 e. The third kappa shape index (κ3) is 2.67. The standard InChI is InChI=1S/C14H22BN3O2/c1-9-10(8-11(16)12(17)18-9)6-7-15-19-13(2,3)14(4,5)20-15/h6-8H,16H2,1-5H3,(H2,17,18)/b7-6+. The lowest BCUT2D eigenvalue weighted by Gasteiger charge is -2.32. The van der Waals surface area contributed by atoms with Crippen molar-refractivity contribution in [1.82, 2.24) is 4.98 Å². The van der Waals surface area contributed by atoms with Crippen molar-refractivity contribution in [3.8, 4) is 0 Å². The second-order valence-corrected chi connectivity index (χ2v) is 6.12. The van der Waals surface area contributed by atoms with Crippen LogP contribution >= 0.6 is 0 Å². The first kappa shape index (κ1) is 14.9. The molecule has 0 aromatic carbocycles. The first-order valence-corrected chi connectivity index (χ1v) is 6.69. The summed E-state index contributed by atoms with van der Waals surface area (Å²) in [5.41, 5.74) is 13.0. The third-order valence-corrected chi connectivity index (χ3v) is 4.02. The molecular formula is C14H22BN3O2. The maximum absolute atomic E-state index is 5.89. The van der Waals surface area contributed by atoms with E-state index in [-0.39, 0.29) is 18.3 Å². The van der Waals surface area contributed by atoms with E-state index < -0.39 is 0 Å². The normalized spacial score (nSPS) is 20.8. The van der Waals surface area contributed by atoms with Gasteiger partial charge in [0.15, 0.2) is 0 Å². The smallest absolute Gasteiger partial charge is 0.400 e. The molecular weight excluding hydrogens is 253 g/mol. The molecule has 1 fully saturated rings. The number of nitrogen functional groups attached to an aromatic ring is 2. The SMILES string of the molecule is Cc1nc(N)c(N)cc1/C=C/B1OC(C)(C)C(C)(C)O1. The van der Waals surface area contributed by atoms with Gasteiger partial charge in [-0.25, -0.2) is 4.98 Å². The number of nitrogens with two attached hydrogens (primary N) is 2. The van der Waals surface area contributed by atoms with Crippen LogP contribution < -0.4 is 11.5 Å². The Morgan fingerprint density at radius 3 is 2.25 bits per heavy atom. The first-order chi connectivity index (χ1) is 9.12. The van der Waals surface area contributed by atoms with Crippen molar-refractivity contribution in [2.75, 3.05) is 11.5 Å². The number of anilines is 2. The number of pyridine rings is 1. The summed E-state index contributed by atoms with van der Waals surface area (Å²) in [4.78, 5) is 4.20. The number of aryl methyl sites for hydroxylation is 1. The Morgan fingerprint density at radius 2 is 1.70 bits per heavy atom. The van der Waals surface area contributed by atoms with Gasteiger partial charge in [-0.15, -0.1) is 0 Å². The molecule has 4 N–H and O–H groups in total. The van der Waals surface area contributed by atoms with Crippen LogP contribution in [0, 0.1) is 6.92 Å². The molecule has 0 saturated carbocycles. The Hall–Kier alpha value is -1.53. The highest BCUT2D eigenvalue weighted by molar-refractivity contribution is 6.52. The molecule has 1 saturated heterocycles. The Kier molecular flexibility index (Phi) is 3.56. The molecule has 2 heterocycles. The van der Waals surface area contributed by atoms with Gasteiger partial charge in [-0.2, -0.15) is 0 Å². The number of aromatic nitrogens is 1. The fourth-order valence-electron chi connectivity index (χ4n) is 1.97. The summed E-state index contributed by atoms with van der Waals surface area (Å²) in [6.07, 6.45) is 1.90. The van der Waals surface area contributed by atoms with Gasteiger partial charge in [-0.1, -0.05) is 12.1 Å². The average Bonchev–Trinajstić information content (AvgIpc) is 2.51. The van der Waals surface area contributed by atoms with Crippen LogP contribution in [0.2, 0.25) is 0 Å². The van der Waals surface area contributed by atoms with E-state index in [1.165, 1.54) is 0 Å². The Balaban J connectivity index is 2.18. The molecule has 5 nitrogen and oxygen atoms in total. The zero-order valence-electron chi connectivity index (χ0n) is 12.7. The molecule has 0 bridgehead atoms. The average molecular weight is 275 g/mol. The number of nitrogens with zero attached hydrogens (tertiary/aromatic N) is 1. The van der Waals surface area contributed by atoms with E-state index in [1.807, 2.05) is 46.7 Å². The molecule has 0 amide bonds. The molecule has 0 radical (unpaired) electrons. The van der Waals surface area contributed by atoms with Crippen LogP contribution in [0.4, 0.5) is 11.5 Å². The molecule has 0 aliphatic carbocycles. The van der Waals surface area contributed by atoms with Gasteiger partial charge < -0.3 is 20.8 Å². The van der Waals surface area contributed by atoms with Crippen LogP contribution in [0.3, 0.4) is 0 Å². The fourth-order valence-corrected chi connectivity index (χ4v) is 1.97. The monoisotopic (exact) mass is 275 g/mol. The second-order valence-electron chi connectivity index (χ2n) is 6.12. The van der Waals surface area contributed by atoms with Gasteiger partial charge in [-0.05, 0) is 46.2 Å². The number of hydrogen-bond donors (Lipinski definition) is 2. The lowest BCUT2D eigenvalue weighted by atomic mass is 9.89. The van der Waals surface area contributed by atoms with Crippen molar-refractivity contribution in [3.05, 3.63) is 23.3 Å². The highest BCUT2D eigenvalue weighted by Crippen LogP contribution is 2.37. The number of rotatable bonds is 2. The van der Waals surface area contributed by atoms with Gasteiger partial charge in [0.05, 0.1) is 16.9 Å². The van der Waals surface area contributed by atoms with E-state index in [0.717, 1.165) is 11.3 Å². The van der Waals surface area contributed by atoms with Crippen LogP contribution in [-0.2, 0) is 9.31 Å². The summed E-state index contributed by atoms with van der Waals surface area (Å²) in [5, 5.41) is 0. The van der Waals surface area contributed by atoms with Crippen LogP contribution in [-0.4, -0.2) is 23.3 Å². The van der Waals surface area contributed by atoms with E-state index in [0.29, 0.717) is 11.5 Å². The Labute approximate surface area is 120 Å². The van der Waals surface area contributed by atoms with Crippen molar-refractivity contribution in [2.45, 2.75) is 45.8 Å². The maximum Gasteiger partial charge on any atom is 0.487 e. The van der Waals surface area contributed by atoms with E-state index >= 15 is 0 Å². The fraction of sp³-hybridized carbons (Fsp3) is 0.500. The van der Waals surface area contributed by atoms with Crippen molar-refractivity contribution in [2.24, 2.45) is 0 Å². The first-order valence-electron chi connectivity index (χ1n) is 6.69. The van der Waals surface area contributed by atoms with Crippen LogP contribution in [0.15, 0.2) is 12.0 Å². The van der Waals surface area contributed by atoms with Crippen LogP contribution in [0.1, 0.15) is 39.0 Å². The van der Waals surface area contributed by atoms with Gasteiger partial charge in [0.25, 0.3) is 0 Å². The molecule has 0 unspecified atom stereocenters. The lowest BCUT2D eigenvalue weighted by Crippen LogP contribution is -2.41. The highest BCUT2D eigenvalue weighted by Gasteiger charge is 2.49. The van der Waals surface area contributed by atoms with Crippen molar-refractivity contribution in [1.29, 1.82) is 0 Å². The summed E-state index contributed by atoms with van der Waals surface area (Å²) in [6.45, 7) is 9.98. The zero-order chi connectivity index (χ0) is 15.1. The van der Waals surface area contributed by atoms with E-state index in [9.17, 15) is 0 Å². The molecule has 1 aliphatic heterocycles. The second kappa shape index (κ2) is 4.79. The molecule has 2 rings (SSSR count). The predicted molar refractivity (Wildman–Crippen MR) is 82.9 cm³/mol. The predicted octanol–water partition coefficient (Wildman–Crippen LogP) is 2.20. The quantitative estimate of drug-likeness (QED) is 0.808. The summed E-state index contributed by atoms with van der Waals surface area (Å²) in [7, 11) is -0.377. The Bertz CT molecular complexity index is 540. The van der Waals surface area contributed by atoms with Crippen molar-refractivity contribution < 1.29 is 9.31 Å². The molecule has 20 heavy (non-hydrogen) atoms. The van der Waals surface area contributed by atoms with Gasteiger partial charge in [0.2, 0.25) is 0 Å². The van der Waals surface area contributed by atoms with Gasteiger partial charge in [-0.3, -0.25) is 0 Å². The van der Waals surface area contributed by atoms with Gasteiger partial charge in [0.1, 0.15) is 5.82 Å². The van der Waals surface area contributed by atoms with Gasteiger partial charge >= 0.3 is 7.12 Å². The molecule has 1 aromatic heterocycles. The lowest BCUT2D eigenvalue weighted by molar-refractivity contribution is 0.00578. The molecule has 0 spiro atoms. The highest BCUT2D eigenvalue weighted by atomic mass is 16.7. The largest absolute Gasteiger partial charge is 0.487 e. The molecule has 108 valence electrons. The third-order valence-electron chi connectivity index (χ3n) is 4.02. The molecule has 1 aliphatic rings. The molecule has 6 heteroatoms. The molecule has 1 aromatic rings. The minimum atomic E-state index is -0.377.